The highest BCUT2D eigenvalue weighted by Gasteiger charge is 2.26. The SMILES string of the molecule is Cn1cccc1[C@@H](CNS(=O)(=O)c1ccc(C(C)(C)C)cc1)N1CCOCC1. The van der Waals surface area contributed by atoms with Gasteiger partial charge in [0.25, 0.3) is 0 Å². The minimum atomic E-state index is -3.58. The molecule has 0 aliphatic carbocycles. The van der Waals surface area contributed by atoms with Crippen LogP contribution in [0.3, 0.4) is 0 Å². The highest BCUT2D eigenvalue weighted by Crippen LogP contribution is 2.25. The van der Waals surface area contributed by atoms with E-state index in [1.54, 1.807) is 12.1 Å². The molecule has 1 fully saturated rings. The molecule has 7 heteroatoms. The second kappa shape index (κ2) is 8.37. The first-order valence-corrected chi connectivity index (χ1v) is 11.2. The summed E-state index contributed by atoms with van der Waals surface area (Å²) < 4.78 is 36.1. The molecule has 0 amide bonds. The lowest BCUT2D eigenvalue weighted by atomic mass is 9.87. The van der Waals surface area contributed by atoms with E-state index in [2.05, 4.69) is 30.4 Å². The normalized spacial score (nSPS) is 17.6. The van der Waals surface area contributed by atoms with E-state index < -0.39 is 10.0 Å². The van der Waals surface area contributed by atoms with Crippen LogP contribution in [0, 0.1) is 0 Å². The molecule has 0 bridgehead atoms. The lowest BCUT2D eigenvalue weighted by molar-refractivity contribution is 0.0158. The van der Waals surface area contributed by atoms with E-state index in [1.165, 1.54) is 0 Å². The summed E-state index contributed by atoms with van der Waals surface area (Å²) in [5.41, 5.74) is 2.19. The van der Waals surface area contributed by atoms with E-state index in [9.17, 15) is 8.42 Å². The Kier molecular flexibility index (Phi) is 6.29. The number of nitrogens with one attached hydrogen (secondary N) is 1. The van der Waals surface area contributed by atoms with Gasteiger partial charge in [0.1, 0.15) is 0 Å². The van der Waals surface area contributed by atoms with Gasteiger partial charge in [0.05, 0.1) is 24.2 Å². The molecule has 3 rings (SSSR count). The Labute approximate surface area is 168 Å². The van der Waals surface area contributed by atoms with E-state index in [0.29, 0.717) is 24.7 Å². The van der Waals surface area contributed by atoms with Crippen molar-refractivity contribution in [3.8, 4) is 0 Å². The van der Waals surface area contributed by atoms with Gasteiger partial charge in [0, 0.05) is 38.6 Å². The quantitative estimate of drug-likeness (QED) is 0.803. The number of ether oxygens (including phenoxy) is 1. The number of aryl methyl sites for hydroxylation is 1. The molecule has 154 valence electrons. The predicted octanol–water partition coefficient (Wildman–Crippen LogP) is 2.67. The number of rotatable bonds is 6. The van der Waals surface area contributed by atoms with Crippen LogP contribution in [-0.4, -0.2) is 50.7 Å². The van der Waals surface area contributed by atoms with Crippen LogP contribution in [0.25, 0.3) is 0 Å². The van der Waals surface area contributed by atoms with Crippen molar-refractivity contribution in [2.45, 2.75) is 37.1 Å². The summed E-state index contributed by atoms with van der Waals surface area (Å²) >= 11 is 0. The van der Waals surface area contributed by atoms with Gasteiger partial charge in [0.15, 0.2) is 0 Å². The summed E-state index contributed by atoms with van der Waals surface area (Å²) in [6.45, 7) is 9.57. The molecule has 1 atom stereocenters. The van der Waals surface area contributed by atoms with Crippen LogP contribution in [0.15, 0.2) is 47.5 Å². The molecule has 1 aliphatic rings. The number of hydrogen-bond donors (Lipinski definition) is 1. The Bertz CT molecular complexity index is 876. The first-order chi connectivity index (χ1) is 13.2. The lowest BCUT2D eigenvalue weighted by Gasteiger charge is -2.34. The summed E-state index contributed by atoms with van der Waals surface area (Å²) in [5, 5.41) is 0. The molecule has 2 heterocycles. The fraction of sp³-hybridized carbons (Fsp3) is 0.524. The maximum Gasteiger partial charge on any atom is 0.240 e. The predicted molar refractivity (Wildman–Crippen MR) is 111 cm³/mol. The van der Waals surface area contributed by atoms with Crippen molar-refractivity contribution in [1.82, 2.24) is 14.2 Å². The molecule has 1 aromatic heterocycles. The van der Waals surface area contributed by atoms with Gasteiger partial charge in [0.2, 0.25) is 10.0 Å². The third kappa shape index (κ3) is 4.84. The van der Waals surface area contributed by atoms with Gasteiger partial charge in [-0.2, -0.15) is 0 Å². The van der Waals surface area contributed by atoms with Crippen LogP contribution in [-0.2, 0) is 27.2 Å². The number of aromatic nitrogens is 1. The van der Waals surface area contributed by atoms with Crippen LogP contribution < -0.4 is 4.72 Å². The van der Waals surface area contributed by atoms with Crippen molar-refractivity contribution >= 4 is 10.0 Å². The fourth-order valence-corrected chi connectivity index (χ4v) is 4.57. The van der Waals surface area contributed by atoms with Gasteiger partial charge in [-0.3, -0.25) is 4.90 Å². The van der Waals surface area contributed by atoms with Crippen LogP contribution in [0.1, 0.15) is 38.1 Å². The summed E-state index contributed by atoms with van der Waals surface area (Å²) in [5.74, 6) is 0. The van der Waals surface area contributed by atoms with E-state index in [1.807, 2.05) is 42.1 Å². The first-order valence-electron chi connectivity index (χ1n) is 9.72. The van der Waals surface area contributed by atoms with Gasteiger partial charge in [-0.25, -0.2) is 13.1 Å². The first kappa shape index (κ1) is 21.0. The Morgan fingerprint density at radius 2 is 1.75 bits per heavy atom. The molecular formula is C21H31N3O3S. The average molecular weight is 406 g/mol. The molecule has 1 saturated heterocycles. The molecule has 28 heavy (non-hydrogen) atoms. The second-order valence-corrected chi connectivity index (χ2v) is 10.1. The van der Waals surface area contributed by atoms with E-state index >= 15 is 0 Å². The van der Waals surface area contributed by atoms with Gasteiger partial charge < -0.3 is 9.30 Å². The van der Waals surface area contributed by atoms with Gasteiger partial charge >= 0.3 is 0 Å². The standard InChI is InChI=1S/C21H31N3O3S/c1-21(2,3)17-7-9-18(10-8-17)28(25,26)22-16-20(19-6-5-11-23(19)4)24-12-14-27-15-13-24/h5-11,20,22H,12-16H2,1-4H3/t20-/m1/s1. The monoisotopic (exact) mass is 405 g/mol. The fourth-order valence-electron chi connectivity index (χ4n) is 3.54. The molecule has 0 spiro atoms. The molecule has 0 unspecified atom stereocenters. The summed E-state index contributed by atoms with van der Waals surface area (Å²) in [6.07, 6.45) is 1.99. The molecular weight excluding hydrogens is 374 g/mol. The highest BCUT2D eigenvalue weighted by atomic mass is 32.2. The number of benzene rings is 1. The maximum atomic E-state index is 12.9. The van der Waals surface area contributed by atoms with Crippen molar-refractivity contribution < 1.29 is 13.2 Å². The van der Waals surface area contributed by atoms with Gasteiger partial charge in [-0.15, -0.1) is 0 Å². The van der Waals surface area contributed by atoms with Crippen molar-refractivity contribution in [3.05, 3.63) is 53.9 Å². The topological polar surface area (TPSA) is 63.6 Å². The molecule has 1 aliphatic heterocycles. The van der Waals surface area contributed by atoms with Crippen molar-refractivity contribution in [3.63, 3.8) is 0 Å². The number of nitrogens with zero attached hydrogens (tertiary/aromatic N) is 2. The summed E-state index contributed by atoms with van der Waals surface area (Å²) in [6, 6.07) is 11.2. The zero-order chi connectivity index (χ0) is 20.4. The van der Waals surface area contributed by atoms with Crippen molar-refractivity contribution in [2.75, 3.05) is 32.8 Å². The largest absolute Gasteiger partial charge is 0.379 e. The van der Waals surface area contributed by atoms with Crippen LogP contribution in [0.5, 0.6) is 0 Å². The second-order valence-electron chi connectivity index (χ2n) is 8.33. The Balaban J connectivity index is 1.77. The molecule has 0 radical (unpaired) electrons. The maximum absolute atomic E-state index is 12.9. The lowest BCUT2D eigenvalue weighted by Crippen LogP contribution is -2.44. The van der Waals surface area contributed by atoms with Crippen LogP contribution in [0.4, 0.5) is 0 Å². The zero-order valence-electron chi connectivity index (χ0n) is 17.2. The number of hydrogen-bond acceptors (Lipinski definition) is 4. The number of morpholine rings is 1. The van der Waals surface area contributed by atoms with Crippen molar-refractivity contribution in [1.29, 1.82) is 0 Å². The minimum absolute atomic E-state index is 0.0102. The highest BCUT2D eigenvalue weighted by molar-refractivity contribution is 7.89. The average Bonchev–Trinajstić information content (AvgIpc) is 3.08. The van der Waals surface area contributed by atoms with E-state index in [-0.39, 0.29) is 11.5 Å². The molecule has 2 aromatic rings. The third-order valence-corrected chi connectivity index (χ3v) is 6.75. The smallest absolute Gasteiger partial charge is 0.240 e. The summed E-state index contributed by atoms with van der Waals surface area (Å²) in [7, 11) is -1.59. The van der Waals surface area contributed by atoms with Gasteiger partial charge in [-0.05, 0) is 35.2 Å². The molecule has 0 saturated carbocycles. The van der Waals surface area contributed by atoms with Crippen LogP contribution >= 0.6 is 0 Å². The van der Waals surface area contributed by atoms with Crippen LogP contribution in [0.2, 0.25) is 0 Å². The molecule has 6 nitrogen and oxygen atoms in total. The Morgan fingerprint density at radius 3 is 2.29 bits per heavy atom. The van der Waals surface area contributed by atoms with E-state index in [4.69, 9.17) is 4.74 Å². The molecule has 1 N–H and O–H groups in total. The van der Waals surface area contributed by atoms with Crippen molar-refractivity contribution in [2.24, 2.45) is 7.05 Å². The minimum Gasteiger partial charge on any atom is -0.379 e. The Morgan fingerprint density at radius 1 is 1.11 bits per heavy atom. The summed E-state index contributed by atoms with van der Waals surface area (Å²) in [4.78, 5) is 2.58. The third-order valence-electron chi connectivity index (χ3n) is 5.31. The van der Waals surface area contributed by atoms with E-state index in [0.717, 1.165) is 24.3 Å². The molecule has 1 aromatic carbocycles. The van der Waals surface area contributed by atoms with Gasteiger partial charge in [-0.1, -0.05) is 32.9 Å². The zero-order valence-corrected chi connectivity index (χ0v) is 18.0. The Hall–Kier alpha value is -1.67. The number of sulfonamides is 1.